The Bertz CT molecular complexity index is 982. The summed E-state index contributed by atoms with van der Waals surface area (Å²) < 4.78 is 5.85. The lowest BCUT2D eigenvalue weighted by Crippen LogP contribution is -2.33. The van der Waals surface area contributed by atoms with Crippen molar-refractivity contribution in [1.29, 1.82) is 0 Å². The van der Waals surface area contributed by atoms with Crippen LogP contribution >= 0.6 is 0 Å². The molecule has 1 aromatic heterocycles. The zero-order valence-corrected chi connectivity index (χ0v) is 17.5. The highest BCUT2D eigenvalue weighted by atomic mass is 16.5. The number of amides is 1. The van der Waals surface area contributed by atoms with Gasteiger partial charge in [0.2, 0.25) is 0 Å². The summed E-state index contributed by atoms with van der Waals surface area (Å²) in [5.74, 6) is 2.29. The molecule has 0 atom stereocenters. The molecule has 1 fully saturated rings. The first-order valence-corrected chi connectivity index (χ1v) is 10.8. The number of rotatable bonds is 7. The fraction of sp³-hybridized carbons (Fsp3) is 0.360. The maximum Gasteiger partial charge on any atom is 0.257 e. The molecular weight excluding hydrogens is 374 g/mol. The number of carbonyl (C=O) groups is 1. The molecule has 2 heterocycles. The number of hydrogen-bond donors (Lipinski definition) is 1. The van der Waals surface area contributed by atoms with Crippen LogP contribution in [-0.2, 0) is 11.2 Å². The Morgan fingerprint density at radius 1 is 1.07 bits per heavy atom. The van der Waals surface area contributed by atoms with Gasteiger partial charge >= 0.3 is 0 Å². The summed E-state index contributed by atoms with van der Waals surface area (Å²) in [7, 11) is 0. The van der Waals surface area contributed by atoms with E-state index >= 15 is 0 Å². The summed E-state index contributed by atoms with van der Waals surface area (Å²) in [4.78, 5) is 19.4. The fourth-order valence-corrected chi connectivity index (χ4v) is 3.83. The van der Waals surface area contributed by atoms with Crippen molar-refractivity contribution in [2.24, 2.45) is 5.92 Å². The van der Waals surface area contributed by atoms with E-state index < -0.39 is 0 Å². The van der Waals surface area contributed by atoms with E-state index in [4.69, 9.17) is 9.72 Å². The van der Waals surface area contributed by atoms with Gasteiger partial charge in [0.1, 0.15) is 17.1 Å². The van der Waals surface area contributed by atoms with E-state index in [9.17, 15) is 4.79 Å². The summed E-state index contributed by atoms with van der Waals surface area (Å²) in [6, 6.07) is 20.1. The number of fused-ring (bicyclic) bond motifs is 1. The third-order valence-corrected chi connectivity index (χ3v) is 5.71. The molecular formula is C25H29N3O2. The van der Waals surface area contributed by atoms with Gasteiger partial charge in [-0.15, -0.1) is 0 Å². The summed E-state index contributed by atoms with van der Waals surface area (Å²) in [5, 5.41) is 3.94. The predicted molar refractivity (Wildman–Crippen MR) is 121 cm³/mol. The van der Waals surface area contributed by atoms with Crippen molar-refractivity contribution in [1.82, 2.24) is 10.3 Å². The Balaban J connectivity index is 1.37. The highest BCUT2D eigenvalue weighted by Crippen LogP contribution is 2.28. The Hall–Kier alpha value is -3.08. The first-order valence-electron chi connectivity index (χ1n) is 10.8. The lowest BCUT2D eigenvalue weighted by Gasteiger charge is -2.31. The van der Waals surface area contributed by atoms with E-state index in [2.05, 4.69) is 41.4 Å². The highest BCUT2D eigenvalue weighted by Gasteiger charge is 2.18. The molecule has 0 spiro atoms. The van der Waals surface area contributed by atoms with Gasteiger partial charge in [0.25, 0.3) is 5.91 Å². The molecule has 0 unspecified atom stereocenters. The molecule has 1 N–H and O–H groups in total. The largest absolute Gasteiger partial charge is 0.481 e. The summed E-state index contributed by atoms with van der Waals surface area (Å²) in [6.45, 7) is 4.96. The molecule has 156 valence electrons. The van der Waals surface area contributed by atoms with Gasteiger partial charge in [0.05, 0.1) is 0 Å². The SMILES string of the molecule is CC1CCN(c2ccc3cccc(OCC(=O)NCCc4ccccc4)c3n2)CC1. The van der Waals surface area contributed by atoms with Gasteiger partial charge < -0.3 is 15.0 Å². The van der Waals surface area contributed by atoms with E-state index in [1.54, 1.807) is 0 Å². The molecule has 0 saturated carbocycles. The Morgan fingerprint density at radius 3 is 2.67 bits per heavy atom. The second kappa shape index (κ2) is 9.61. The van der Waals surface area contributed by atoms with Crippen molar-refractivity contribution < 1.29 is 9.53 Å². The van der Waals surface area contributed by atoms with E-state index in [1.807, 2.05) is 36.4 Å². The van der Waals surface area contributed by atoms with Crippen molar-refractivity contribution in [3.63, 3.8) is 0 Å². The average molecular weight is 404 g/mol. The van der Waals surface area contributed by atoms with Crippen LogP contribution in [0.3, 0.4) is 0 Å². The molecule has 0 aliphatic carbocycles. The van der Waals surface area contributed by atoms with E-state index in [0.717, 1.165) is 42.1 Å². The second-order valence-corrected chi connectivity index (χ2v) is 8.04. The van der Waals surface area contributed by atoms with Crippen LogP contribution in [0.5, 0.6) is 5.75 Å². The monoisotopic (exact) mass is 403 g/mol. The number of para-hydroxylation sites is 1. The number of anilines is 1. The smallest absolute Gasteiger partial charge is 0.257 e. The van der Waals surface area contributed by atoms with Crippen LogP contribution in [0.15, 0.2) is 60.7 Å². The van der Waals surface area contributed by atoms with Gasteiger partial charge in [0.15, 0.2) is 6.61 Å². The summed E-state index contributed by atoms with van der Waals surface area (Å²) >= 11 is 0. The minimum absolute atomic E-state index is 0.0129. The number of ether oxygens (including phenoxy) is 1. The second-order valence-electron chi connectivity index (χ2n) is 8.04. The number of hydrogen-bond acceptors (Lipinski definition) is 4. The topological polar surface area (TPSA) is 54.5 Å². The zero-order valence-electron chi connectivity index (χ0n) is 17.5. The van der Waals surface area contributed by atoms with E-state index in [1.165, 1.54) is 18.4 Å². The molecule has 5 nitrogen and oxygen atoms in total. The van der Waals surface area contributed by atoms with Crippen LogP contribution in [-0.4, -0.2) is 37.1 Å². The van der Waals surface area contributed by atoms with Crippen LogP contribution in [0.4, 0.5) is 5.82 Å². The Kier molecular flexibility index (Phi) is 6.47. The summed E-state index contributed by atoms with van der Waals surface area (Å²) in [6.07, 6.45) is 3.20. The summed E-state index contributed by atoms with van der Waals surface area (Å²) in [5.41, 5.74) is 2.02. The number of aromatic nitrogens is 1. The Morgan fingerprint density at radius 2 is 1.87 bits per heavy atom. The predicted octanol–water partition coefficient (Wildman–Crippen LogP) is 4.21. The first-order chi connectivity index (χ1) is 14.7. The van der Waals surface area contributed by atoms with Crippen molar-refractivity contribution in [2.75, 3.05) is 31.1 Å². The number of nitrogens with zero attached hydrogens (tertiary/aromatic N) is 2. The average Bonchev–Trinajstić information content (AvgIpc) is 2.78. The van der Waals surface area contributed by atoms with Gasteiger partial charge in [-0.2, -0.15) is 0 Å². The van der Waals surface area contributed by atoms with Gasteiger partial charge in [-0.25, -0.2) is 4.98 Å². The third kappa shape index (κ3) is 5.09. The molecule has 2 aromatic carbocycles. The molecule has 5 heteroatoms. The lowest BCUT2D eigenvalue weighted by atomic mass is 9.99. The van der Waals surface area contributed by atoms with Crippen LogP contribution < -0.4 is 15.0 Å². The molecule has 0 radical (unpaired) electrons. The molecule has 1 aliphatic rings. The molecule has 1 aliphatic heterocycles. The number of carbonyl (C=O) groups excluding carboxylic acids is 1. The van der Waals surface area contributed by atoms with Gasteiger partial charge in [-0.3, -0.25) is 4.79 Å². The van der Waals surface area contributed by atoms with Gasteiger partial charge in [-0.1, -0.05) is 49.4 Å². The van der Waals surface area contributed by atoms with Crippen molar-refractivity contribution in [3.05, 3.63) is 66.2 Å². The number of benzene rings is 2. The number of pyridine rings is 1. The lowest BCUT2D eigenvalue weighted by molar-refractivity contribution is -0.123. The normalized spacial score (nSPS) is 14.6. The van der Waals surface area contributed by atoms with Crippen molar-refractivity contribution in [2.45, 2.75) is 26.2 Å². The molecule has 3 aromatic rings. The molecule has 1 amide bonds. The van der Waals surface area contributed by atoms with Crippen LogP contribution in [0, 0.1) is 5.92 Å². The van der Waals surface area contributed by atoms with Gasteiger partial charge in [0, 0.05) is 25.0 Å². The van der Waals surface area contributed by atoms with Crippen LogP contribution in [0.1, 0.15) is 25.3 Å². The molecule has 30 heavy (non-hydrogen) atoms. The maximum absolute atomic E-state index is 12.2. The quantitative estimate of drug-likeness (QED) is 0.642. The Labute approximate surface area is 178 Å². The fourth-order valence-electron chi connectivity index (χ4n) is 3.83. The minimum atomic E-state index is -0.121. The van der Waals surface area contributed by atoms with E-state index in [0.29, 0.717) is 12.3 Å². The van der Waals surface area contributed by atoms with Crippen LogP contribution in [0.25, 0.3) is 10.9 Å². The molecule has 4 rings (SSSR count). The standard InChI is InChI=1S/C25H29N3O2/c1-19-13-16-28(17-14-19)23-11-10-21-8-5-9-22(25(21)27-23)30-18-24(29)26-15-12-20-6-3-2-4-7-20/h2-11,19H,12-18H2,1H3,(H,26,29). The third-order valence-electron chi connectivity index (χ3n) is 5.71. The van der Waals surface area contributed by atoms with E-state index in [-0.39, 0.29) is 12.5 Å². The van der Waals surface area contributed by atoms with Crippen molar-refractivity contribution >= 4 is 22.6 Å². The van der Waals surface area contributed by atoms with Crippen LogP contribution in [0.2, 0.25) is 0 Å². The number of piperidine rings is 1. The number of nitrogens with one attached hydrogen (secondary N) is 1. The van der Waals surface area contributed by atoms with Gasteiger partial charge in [-0.05, 0) is 48.9 Å². The first kappa shape index (κ1) is 20.2. The van der Waals surface area contributed by atoms with Crippen molar-refractivity contribution in [3.8, 4) is 5.75 Å². The highest BCUT2D eigenvalue weighted by molar-refractivity contribution is 5.86. The molecule has 1 saturated heterocycles. The minimum Gasteiger partial charge on any atom is -0.481 e. The molecule has 0 bridgehead atoms. The maximum atomic E-state index is 12.2. The zero-order chi connectivity index (χ0) is 20.8.